The molecule has 5 nitrogen and oxygen atoms in total. The van der Waals surface area contributed by atoms with E-state index in [1.54, 1.807) is 0 Å². The molecule has 0 aliphatic carbocycles. The maximum atomic E-state index is 11.3. The van der Waals surface area contributed by atoms with Crippen molar-refractivity contribution >= 4 is 11.8 Å². The second kappa shape index (κ2) is 7.96. The maximum Gasteiger partial charge on any atom is 0.231 e. The molecule has 0 aromatic heterocycles. The van der Waals surface area contributed by atoms with Gasteiger partial charge in [0.1, 0.15) is 0 Å². The van der Waals surface area contributed by atoms with Crippen LogP contribution in [0.5, 0.6) is 0 Å². The summed E-state index contributed by atoms with van der Waals surface area (Å²) in [7, 11) is 0. The van der Waals surface area contributed by atoms with Crippen LogP contribution in [0.1, 0.15) is 41.0 Å². The van der Waals surface area contributed by atoms with Crippen LogP contribution in [-0.2, 0) is 14.4 Å². The molecule has 0 aromatic carbocycles. The van der Waals surface area contributed by atoms with E-state index in [9.17, 15) is 4.79 Å². The second-order valence-electron chi connectivity index (χ2n) is 3.38. The molecule has 1 amide bonds. The fourth-order valence-corrected chi connectivity index (χ4v) is 1.01. The molecule has 1 heterocycles. The summed E-state index contributed by atoms with van der Waals surface area (Å²) in [5, 5.41) is 6.41. The summed E-state index contributed by atoms with van der Waals surface area (Å²) in [4.78, 5) is 16.3. The van der Waals surface area contributed by atoms with Crippen molar-refractivity contribution < 1.29 is 14.4 Å². The average Bonchev–Trinajstić information content (AvgIpc) is 2.69. The summed E-state index contributed by atoms with van der Waals surface area (Å²) >= 11 is 0. The number of rotatable bonds is 3. The predicted molar refractivity (Wildman–Crippen MR) is 62.9 cm³/mol. The van der Waals surface area contributed by atoms with Crippen molar-refractivity contribution in [3.05, 3.63) is 0 Å². The van der Waals surface area contributed by atoms with E-state index in [1.807, 2.05) is 34.6 Å². The average molecular weight is 230 g/mol. The largest absolute Gasteiger partial charge is 0.479 e. The zero-order valence-corrected chi connectivity index (χ0v) is 10.7. The summed E-state index contributed by atoms with van der Waals surface area (Å²) in [5.41, 5.74) is 0. The molecule has 1 atom stereocenters. The Hall–Kier alpha value is -1.26. The van der Waals surface area contributed by atoms with Gasteiger partial charge in [0, 0.05) is 5.92 Å². The van der Waals surface area contributed by atoms with Crippen molar-refractivity contribution in [3.8, 4) is 0 Å². The number of nitrogens with one attached hydrogen (secondary N) is 1. The Morgan fingerprint density at radius 3 is 2.75 bits per heavy atom. The first kappa shape index (κ1) is 14.7. The molecule has 1 rings (SSSR count). The van der Waals surface area contributed by atoms with Crippen LogP contribution in [0.2, 0.25) is 0 Å². The number of nitrogens with zero attached hydrogens (tertiary/aromatic N) is 1. The quantitative estimate of drug-likeness (QED) is 0.805. The van der Waals surface area contributed by atoms with Crippen LogP contribution in [0.3, 0.4) is 0 Å². The number of carbonyl (C=O) groups is 1. The van der Waals surface area contributed by atoms with Crippen LogP contribution in [0.4, 0.5) is 0 Å². The molecular weight excluding hydrogens is 208 g/mol. The van der Waals surface area contributed by atoms with Gasteiger partial charge in [-0.15, -0.1) is 0 Å². The van der Waals surface area contributed by atoms with Gasteiger partial charge in [-0.05, 0) is 12.1 Å². The maximum absolute atomic E-state index is 11.3. The minimum atomic E-state index is -0.369. The van der Waals surface area contributed by atoms with E-state index in [1.165, 1.54) is 0 Å². The van der Waals surface area contributed by atoms with E-state index in [0.29, 0.717) is 18.9 Å². The second-order valence-corrected chi connectivity index (χ2v) is 3.38. The van der Waals surface area contributed by atoms with Gasteiger partial charge in [-0.25, -0.2) is 0 Å². The predicted octanol–water partition coefficient (Wildman–Crippen LogP) is 1.88. The minimum Gasteiger partial charge on any atom is -0.479 e. The van der Waals surface area contributed by atoms with E-state index in [-0.39, 0.29) is 18.1 Å². The van der Waals surface area contributed by atoms with E-state index < -0.39 is 0 Å². The van der Waals surface area contributed by atoms with Gasteiger partial charge in [0.25, 0.3) is 0 Å². The molecule has 0 saturated heterocycles. The molecule has 5 heteroatoms. The van der Waals surface area contributed by atoms with E-state index in [0.717, 1.165) is 0 Å². The number of carbonyl (C=O) groups excluding carboxylic acids is 1. The lowest BCUT2D eigenvalue weighted by atomic mass is 10.2. The summed E-state index contributed by atoms with van der Waals surface area (Å²) in [6.45, 7) is 10.1. The molecule has 1 unspecified atom stereocenters. The molecule has 0 saturated carbocycles. The first-order valence-corrected chi connectivity index (χ1v) is 5.79. The summed E-state index contributed by atoms with van der Waals surface area (Å²) in [6.07, 6.45) is 0.137. The molecule has 0 fully saturated rings. The van der Waals surface area contributed by atoms with Crippen molar-refractivity contribution in [2.45, 2.75) is 47.3 Å². The van der Waals surface area contributed by atoms with Crippen LogP contribution in [0.15, 0.2) is 5.16 Å². The molecular formula is C11H22N2O3. The van der Waals surface area contributed by atoms with Gasteiger partial charge in [-0.2, -0.15) is 0 Å². The summed E-state index contributed by atoms with van der Waals surface area (Å²) < 4.78 is 5.15. The highest BCUT2D eigenvalue weighted by Gasteiger charge is 2.24. The third-order valence-corrected chi connectivity index (χ3v) is 1.78. The van der Waals surface area contributed by atoms with Crippen LogP contribution in [0.25, 0.3) is 0 Å². The van der Waals surface area contributed by atoms with Gasteiger partial charge >= 0.3 is 0 Å². The van der Waals surface area contributed by atoms with Crippen LogP contribution in [0, 0.1) is 5.92 Å². The van der Waals surface area contributed by atoms with E-state index in [4.69, 9.17) is 9.57 Å². The molecule has 1 aliphatic heterocycles. The lowest BCUT2D eigenvalue weighted by Gasteiger charge is -2.11. The first-order chi connectivity index (χ1) is 7.63. The van der Waals surface area contributed by atoms with Crippen molar-refractivity contribution in [1.82, 2.24) is 5.32 Å². The number of hydrogen-bond acceptors (Lipinski definition) is 4. The van der Waals surface area contributed by atoms with Crippen LogP contribution in [-0.4, -0.2) is 24.6 Å². The van der Waals surface area contributed by atoms with Crippen molar-refractivity contribution in [3.63, 3.8) is 0 Å². The smallest absolute Gasteiger partial charge is 0.231 e. The van der Waals surface area contributed by atoms with Crippen molar-refractivity contribution in [1.29, 1.82) is 0 Å². The Bertz CT molecular complexity index is 239. The first-order valence-electron chi connectivity index (χ1n) is 5.79. The molecule has 1 N–H and O–H groups in total. The Labute approximate surface area is 97.2 Å². The Morgan fingerprint density at radius 2 is 2.25 bits per heavy atom. The molecule has 0 radical (unpaired) electrons. The zero-order valence-electron chi connectivity index (χ0n) is 10.7. The lowest BCUT2D eigenvalue weighted by Crippen LogP contribution is -2.37. The summed E-state index contributed by atoms with van der Waals surface area (Å²) in [5.74, 6) is 0.458. The van der Waals surface area contributed by atoms with Gasteiger partial charge in [0.15, 0.2) is 0 Å². The third-order valence-electron chi connectivity index (χ3n) is 1.78. The topological polar surface area (TPSA) is 59.9 Å². The SMILES string of the molecule is CC.CCOC1=NOC(NC(=O)C(C)C)C1. The fourth-order valence-electron chi connectivity index (χ4n) is 1.01. The number of oxime groups is 1. The number of amides is 1. The molecule has 16 heavy (non-hydrogen) atoms. The molecule has 0 aromatic rings. The standard InChI is InChI=1S/C9H16N2O3.C2H6/c1-4-13-8-5-7(14-11-8)10-9(12)6(2)3;1-2/h6-7H,4-5H2,1-3H3,(H,10,12);1-2H3. The van der Waals surface area contributed by atoms with E-state index in [2.05, 4.69) is 10.5 Å². The van der Waals surface area contributed by atoms with Gasteiger partial charge < -0.3 is 14.9 Å². The van der Waals surface area contributed by atoms with Crippen molar-refractivity contribution in [2.75, 3.05) is 6.61 Å². The van der Waals surface area contributed by atoms with Crippen LogP contribution >= 0.6 is 0 Å². The molecule has 0 spiro atoms. The lowest BCUT2D eigenvalue weighted by molar-refractivity contribution is -0.127. The van der Waals surface area contributed by atoms with Gasteiger partial charge in [0.2, 0.25) is 18.0 Å². The van der Waals surface area contributed by atoms with Crippen LogP contribution < -0.4 is 5.32 Å². The van der Waals surface area contributed by atoms with Gasteiger partial charge in [-0.3, -0.25) is 4.79 Å². The normalized spacial score (nSPS) is 18.1. The highest BCUT2D eigenvalue weighted by atomic mass is 16.7. The Morgan fingerprint density at radius 1 is 1.62 bits per heavy atom. The van der Waals surface area contributed by atoms with Crippen molar-refractivity contribution in [2.24, 2.45) is 11.1 Å². The Kier molecular flexibility index (Phi) is 7.33. The van der Waals surface area contributed by atoms with Gasteiger partial charge in [-0.1, -0.05) is 27.7 Å². The summed E-state index contributed by atoms with van der Waals surface area (Å²) in [6, 6.07) is 0. The highest BCUT2D eigenvalue weighted by Crippen LogP contribution is 2.09. The zero-order chi connectivity index (χ0) is 12.6. The third kappa shape index (κ3) is 5.00. The highest BCUT2D eigenvalue weighted by molar-refractivity contribution is 5.81. The number of ether oxygens (including phenoxy) is 1. The minimum absolute atomic E-state index is 0.0389. The van der Waals surface area contributed by atoms with Gasteiger partial charge in [0.05, 0.1) is 13.0 Å². The molecule has 1 aliphatic rings. The number of hydrogen-bond donors (Lipinski definition) is 1. The molecule has 0 bridgehead atoms. The monoisotopic (exact) mass is 230 g/mol. The van der Waals surface area contributed by atoms with E-state index >= 15 is 0 Å². The molecule has 94 valence electrons. The fraction of sp³-hybridized carbons (Fsp3) is 0.818. The Balaban J connectivity index is 0.00000106.